The van der Waals surface area contributed by atoms with Crippen LogP contribution in [0.4, 0.5) is 5.69 Å². The van der Waals surface area contributed by atoms with Crippen molar-refractivity contribution in [1.82, 2.24) is 5.32 Å². The first kappa shape index (κ1) is 20.9. The molecule has 7 nitrogen and oxygen atoms in total. The van der Waals surface area contributed by atoms with Crippen molar-refractivity contribution in [2.75, 3.05) is 25.5 Å². The van der Waals surface area contributed by atoms with Gasteiger partial charge in [0.05, 0.1) is 13.5 Å². The van der Waals surface area contributed by atoms with E-state index in [4.69, 9.17) is 5.73 Å². The van der Waals surface area contributed by atoms with Crippen LogP contribution in [0.15, 0.2) is 24.3 Å². The largest absolute Gasteiger partial charge is 0.468 e. The van der Waals surface area contributed by atoms with E-state index in [-0.39, 0.29) is 37.2 Å². The Kier molecular flexibility index (Phi) is 10.4. The molecule has 2 amide bonds. The van der Waals surface area contributed by atoms with Crippen LogP contribution in [0.1, 0.15) is 18.4 Å². The number of amides is 2. The molecule has 0 aliphatic heterocycles. The van der Waals surface area contributed by atoms with Crippen molar-refractivity contribution in [2.24, 2.45) is 5.73 Å². The predicted octanol–water partition coefficient (Wildman–Crippen LogP) is 0.617. The molecule has 23 heavy (non-hydrogen) atoms. The molecule has 0 radical (unpaired) electrons. The van der Waals surface area contributed by atoms with Gasteiger partial charge in [-0.25, -0.2) is 0 Å². The average molecular weight is 344 g/mol. The van der Waals surface area contributed by atoms with Gasteiger partial charge in [0.1, 0.15) is 6.54 Å². The Bertz CT molecular complexity index is 520. The molecular weight excluding hydrogens is 322 g/mol. The van der Waals surface area contributed by atoms with Crippen LogP contribution in [0.2, 0.25) is 0 Å². The fourth-order valence-electron chi connectivity index (χ4n) is 1.68. The summed E-state index contributed by atoms with van der Waals surface area (Å²) in [5, 5.41) is 5.21. The summed E-state index contributed by atoms with van der Waals surface area (Å²) in [5.41, 5.74) is 6.79. The molecule has 1 aromatic rings. The Balaban J connectivity index is 0.00000484. The van der Waals surface area contributed by atoms with Crippen LogP contribution >= 0.6 is 12.4 Å². The number of hydrogen-bond acceptors (Lipinski definition) is 5. The quantitative estimate of drug-likeness (QED) is 0.599. The van der Waals surface area contributed by atoms with Gasteiger partial charge in [0.25, 0.3) is 0 Å². The molecule has 128 valence electrons. The number of benzene rings is 1. The smallest absolute Gasteiger partial charge is 0.325 e. The summed E-state index contributed by atoms with van der Waals surface area (Å²) in [6.45, 7) is 0.331. The number of carbonyl (C=O) groups excluding carboxylic acids is 3. The van der Waals surface area contributed by atoms with Gasteiger partial charge in [0, 0.05) is 12.1 Å². The second-order valence-corrected chi connectivity index (χ2v) is 4.67. The summed E-state index contributed by atoms with van der Waals surface area (Å²) < 4.78 is 4.43. The second kappa shape index (κ2) is 11.4. The number of ether oxygens (including phenoxy) is 1. The molecule has 0 unspecified atom stereocenters. The lowest BCUT2D eigenvalue weighted by Gasteiger charge is -2.07. The minimum atomic E-state index is -0.496. The number of anilines is 1. The zero-order chi connectivity index (χ0) is 16.4. The maximum Gasteiger partial charge on any atom is 0.325 e. The third kappa shape index (κ3) is 8.80. The zero-order valence-electron chi connectivity index (χ0n) is 13.0. The van der Waals surface area contributed by atoms with E-state index in [1.165, 1.54) is 7.11 Å². The number of carbonyl (C=O) groups is 3. The zero-order valence-corrected chi connectivity index (χ0v) is 13.8. The Morgan fingerprint density at radius 3 is 2.35 bits per heavy atom. The van der Waals surface area contributed by atoms with E-state index in [1.807, 2.05) is 0 Å². The Labute approximate surface area is 141 Å². The van der Waals surface area contributed by atoms with Gasteiger partial charge in [0.15, 0.2) is 0 Å². The average Bonchev–Trinajstić information content (AvgIpc) is 2.52. The molecule has 0 aromatic heterocycles. The van der Waals surface area contributed by atoms with Gasteiger partial charge in [-0.2, -0.15) is 0 Å². The van der Waals surface area contributed by atoms with Gasteiger partial charge in [0.2, 0.25) is 11.8 Å². The summed E-state index contributed by atoms with van der Waals surface area (Å²) in [6.07, 6.45) is 1.18. The van der Waals surface area contributed by atoms with Crippen molar-refractivity contribution in [2.45, 2.75) is 19.3 Å². The molecule has 1 rings (SSSR count). The Morgan fingerprint density at radius 2 is 1.78 bits per heavy atom. The molecule has 0 aliphatic carbocycles. The molecule has 4 N–H and O–H groups in total. The van der Waals surface area contributed by atoms with Crippen LogP contribution in [-0.4, -0.2) is 38.0 Å². The fraction of sp³-hybridized carbons (Fsp3) is 0.400. The minimum absolute atomic E-state index is 0. The van der Waals surface area contributed by atoms with E-state index < -0.39 is 5.97 Å². The second-order valence-electron chi connectivity index (χ2n) is 4.67. The van der Waals surface area contributed by atoms with E-state index in [9.17, 15) is 14.4 Å². The molecule has 0 saturated heterocycles. The fourth-order valence-corrected chi connectivity index (χ4v) is 1.68. The van der Waals surface area contributed by atoms with Crippen molar-refractivity contribution < 1.29 is 19.1 Å². The molecular formula is C15H22ClN3O4. The topological polar surface area (TPSA) is 111 Å². The summed E-state index contributed by atoms with van der Waals surface area (Å²) in [7, 11) is 1.26. The highest BCUT2D eigenvalue weighted by Gasteiger charge is 2.07. The van der Waals surface area contributed by atoms with Gasteiger partial charge < -0.3 is 21.1 Å². The van der Waals surface area contributed by atoms with Crippen LogP contribution in [0.25, 0.3) is 0 Å². The van der Waals surface area contributed by atoms with E-state index in [1.54, 1.807) is 24.3 Å². The van der Waals surface area contributed by atoms with E-state index in [0.717, 1.165) is 5.56 Å². The van der Waals surface area contributed by atoms with Crippen molar-refractivity contribution in [1.29, 1.82) is 0 Å². The molecule has 0 fully saturated rings. The minimum Gasteiger partial charge on any atom is -0.468 e. The molecule has 0 atom stereocenters. The number of halogens is 1. The molecule has 0 spiro atoms. The maximum atomic E-state index is 11.6. The molecule has 0 saturated carbocycles. The van der Waals surface area contributed by atoms with E-state index in [0.29, 0.717) is 25.1 Å². The summed E-state index contributed by atoms with van der Waals surface area (Å²) in [5.74, 6) is -0.858. The highest BCUT2D eigenvalue weighted by Crippen LogP contribution is 2.10. The summed E-state index contributed by atoms with van der Waals surface area (Å²) in [6, 6.07) is 6.94. The monoisotopic (exact) mass is 343 g/mol. The van der Waals surface area contributed by atoms with Crippen molar-refractivity contribution in [3.8, 4) is 0 Å². The first-order valence-electron chi connectivity index (χ1n) is 6.97. The summed E-state index contributed by atoms with van der Waals surface area (Å²) in [4.78, 5) is 34.1. The Morgan fingerprint density at radius 1 is 1.13 bits per heavy atom. The van der Waals surface area contributed by atoms with Gasteiger partial charge in [-0.05, 0) is 30.7 Å². The van der Waals surface area contributed by atoms with E-state index in [2.05, 4.69) is 15.4 Å². The van der Waals surface area contributed by atoms with Gasteiger partial charge >= 0.3 is 5.97 Å². The SMILES string of the molecule is COC(=O)CNC(=O)Cc1ccc(NC(=O)CCCN)cc1.Cl. The number of methoxy groups -OCH3 is 1. The van der Waals surface area contributed by atoms with Crippen molar-refractivity contribution >= 4 is 35.9 Å². The molecule has 8 heteroatoms. The normalized spacial score (nSPS) is 9.48. The standard InChI is InChI=1S/C15H21N3O4.ClH/c1-22-15(21)10-17-14(20)9-11-4-6-12(7-5-11)18-13(19)3-2-8-16;/h4-7H,2-3,8-10,16H2,1H3,(H,17,20)(H,18,19);1H. The summed E-state index contributed by atoms with van der Waals surface area (Å²) >= 11 is 0. The molecule has 0 bridgehead atoms. The Hall–Kier alpha value is -2.12. The van der Waals surface area contributed by atoms with Crippen LogP contribution in [0.5, 0.6) is 0 Å². The van der Waals surface area contributed by atoms with Gasteiger partial charge in [-0.3, -0.25) is 14.4 Å². The number of nitrogens with one attached hydrogen (secondary N) is 2. The molecule has 0 aliphatic rings. The number of esters is 1. The van der Waals surface area contributed by atoms with Crippen molar-refractivity contribution in [3.05, 3.63) is 29.8 Å². The first-order chi connectivity index (χ1) is 10.5. The van der Waals surface area contributed by atoms with Gasteiger partial charge in [-0.15, -0.1) is 12.4 Å². The number of hydrogen-bond donors (Lipinski definition) is 3. The van der Waals surface area contributed by atoms with Gasteiger partial charge in [-0.1, -0.05) is 12.1 Å². The van der Waals surface area contributed by atoms with Crippen LogP contribution in [0, 0.1) is 0 Å². The third-order valence-electron chi connectivity index (χ3n) is 2.87. The lowest BCUT2D eigenvalue weighted by molar-refractivity contribution is -0.141. The maximum absolute atomic E-state index is 11.6. The molecule has 0 heterocycles. The van der Waals surface area contributed by atoms with Crippen LogP contribution in [-0.2, 0) is 25.5 Å². The van der Waals surface area contributed by atoms with Crippen LogP contribution < -0.4 is 16.4 Å². The predicted molar refractivity (Wildman–Crippen MR) is 89.3 cm³/mol. The highest BCUT2D eigenvalue weighted by molar-refractivity contribution is 5.90. The highest BCUT2D eigenvalue weighted by atomic mass is 35.5. The first-order valence-corrected chi connectivity index (χ1v) is 6.97. The lowest BCUT2D eigenvalue weighted by Crippen LogP contribution is -2.31. The number of nitrogens with two attached hydrogens (primary N) is 1. The van der Waals surface area contributed by atoms with Crippen LogP contribution in [0.3, 0.4) is 0 Å². The van der Waals surface area contributed by atoms with E-state index >= 15 is 0 Å². The van der Waals surface area contributed by atoms with Crippen molar-refractivity contribution in [3.63, 3.8) is 0 Å². The molecule has 1 aromatic carbocycles. The number of rotatable bonds is 8. The lowest BCUT2D eigenvalue weighted by atomic mass is 10.1. The third-order valence-corrected chi connectivity index (χ3v) is 2.87.